The van der Waals surface area contributed by atoms with E-state index in [1.54, 1.807) is 18.5 Å². The number of pyridine rings is 1. The van der Waals surface area contributed by atoms with Crippen LogP contribution in [0.1, 0.15) is 18.4 Å². The Kier molecular flexibility index (Phi) is 5.79. The largest absolute Gasteiger partial charge is 0.480 e. The van der Waals surface area contributed by atoms with Crippen LogP contribution in [0.25, 0.3) is 0 Å². The Balaban J connectivity index is 2.39. The molecule has 0 aliphatic heterocycles. The zero-order chi connectivity index (χ0) is 13.4. The quantitative estimate of drug-likeness (QED) is 0.632. The summed E-state index contributed by atoms with van der Waals surface area (Å²) in [6.07, 6.45) is 4.01. The topological polar surface area (TPSA) is 99.5 Å². The molecule has 0 radical (unpaired) electrons. The van der Waals surface area contributed by atoms with Crippen LogP contribution in [-0.2, 0) is 16.0 Å². The normalized spacial score (nSPS) is 11.8. The molecule has 1 aromatic heterocycles. The molecular formula is C12H16N2O4. The average Bonchev–Trinajstić information content (AvgIpc) is 2.37. The van der Waals surface area contributed by atoms with Crippen molar-refractivity contribution in [2.24, 2.45) is 0 Å². The molecule has 98 valence electrons. The predicted octanol–water partition coefficient (Wildman–Crippen LogP) is -0.0340. The molecule has 0 fully saturated rings. The molecule has 1 rings (SSSR count). The van der Waals surface area contributed by atoms with Crippen LogP contribution in [0.3, 0.4) is 0 Å². The molecule has 0 saturated carbocycles. The Morgan fingerprint density at radius 2 is 2.22 bits per heavy atom. The van der Waals surface area contributed by atoms with Crippen molar-refractivity contribution in [2.75, 3.05) is 6.61 Å². The van der Waals surface area contributed by atoms with Gasteiger partial charge in [0.25, 0.3) is 0 Å². The first kappa shape index (κ1) is 14.1. The lowest BCUT2D eigenvalue weighted by atomic mass is 10.1. The van der Waals surface area contributed by atoms with E-state index in [1.165, 1.54) is 0 Å². The number of rotatable bonds is 7. The summed E-state index contributed by atoms with van der Waals surface area (Å²) in [5.74, 6) is -1.49. The number of hydrogen-bond acceptors (Lipinski definition) is 4. The molecule has 0 aliphatic carbocycles. The molecule has 1 aromatic rings. The van der Waals surface area contributed by atoms with Crippen molar-refractivity contribution >= 4 is 11.9 Å². The fourth-order valence-corrected chi connectivity index (χ4v) is 1.46. The maximum Gasteiger partial charge on any atom is 0.326 e. The minimum Gasteiger partial charge on any atom is -0.480 e. The van der Waals surface area contributed by atoms with Crippen molar-refractivity contribution in [3.05, 3.63) is 30.1 Å². The average molecular weight is 252 g/mol. The van der Waals surface area contributed by atoms with Crippen molar-refractivity contribution in [2.45, 2.75) is 25.3 Å². The molecule has 0 unspecified atom stereocenters. The van der Waals surface area contributed by atoms with E-state index in [1.807, 2.05) is 6.07 Å². The van der Waals surface area contributed by atoms with Crippen LogP contribution in [0.5, 0.6) is 0 Å². The lowest BCUT2D eigenvalue weighted by Crippen LogP contribution is -2.41. The number of carbonyl (C=O) groups is 2. The zero-order valence-corrected chi connectivity index (χ0v) is 9.87. The Morgan fingerprint density at radius 3 is 2.78 bits per heavy atom. The monoisotopic (exact) mass is 252 g/mol. The van der Waals surface area contributed by atoms with E-state index in [0.29, 0.717) is 6.42 Å². The number of carboxylic acid groups (broad SMARTS) is 1. The van der Waals surface area contributed by atoms with E-state index in [-0.39, 0.29) is 25.4 Å². The molecule has 18 heavy (non-hydrogen) atoms. The van der Waals surface area contributed by atoms with E-state index >= 15 is 0 Å². The molecule has 0 aliphatic rings. The van der Waals surface area contributed by atoms with Crippen LogP contribution in [0.2, 0.25) is 0 Å². The summed E-state index contributed by atoms with van der Waals surface area (Å²) in [5, 5.41) is 19.9. The molecule has 1 atom stereocenters. The van der Waals surface area contributed by atoms with Crippen molar-refractivity contribution < 1.29 is 19.8 Å². The summed E-state index contributed by atoms with van der Waals surface area (Å²) in [5.41, 5.74) is 0.918. The molecule has 0 aromatic carbocycles. The van der Waals surface area contributed by atoms with Crippen LogP contribution >= 0.6 is 0 Å². The summed E-state index contributed by atoms with van der Waals surface area (Å²) in [6.45, 7) is -0.278. The third-order valence-corrected chi connectivity index (χ3v) is 2.41. The van der Waals surface area contributed by atoms with E-state index < -0.39 is 12.0 Å². The van der Waals surface area contributed by atoms with E-state index in [2.05, 4.69) is 10.3 Å². The van der Waals surface area contributed by atoms with Gasteiger partial charge < -0.3 is 15.5 Å². The van der Waals surface area contributed by atoms with Crippen molar-refractivity contribution in [3.63, 3.8) is 0 Å². The van der Waals surface area contributed by atoms with Gasteiger partial charge in [-0.05, 0) is 18.1 Å². The maximum absolute atomic E-state index is 11.5. The molecule has 0 spiro atoms. The molecule has 1 amide bonds. The standard InChI is InChI=1S/C12H16N2O4/c15-7-5-10(12(17)18)14-11(16)4-3-9-2-1-6-13-8-9/h1-2,6,8,10,15H,3-5,7H2,(H,14,16)(H,17,18)/t10-/m1/s1. The second kappa shape index (κ2) is 7.39. The fourth-order valence-electron chi connectivity index (χ4n) is 1.46. The molecular weight excluding hydrogens is 236 g/mol. The number of amides is 1. The summed E-state index contributed by atoms with van der Waals surface area (Å²) in [6, 6.07) is 2.60. The van der Waals surface area contributed by atoms with Crippen LogP contribution in [0.4, 0.5) is 0 Å². The highest BCUT2D eigenvalue weighted by molar-refractivity contribution is 5.83. The van der Waals surface area contributed by atoms with Gasteiger partial charge in [0.05, 0.1) is 0 Å². The maximum atomic E-state index is 11.5. The van der Waals surface area contributed by atoms with Crippen LogP contribution in [0.15, 0.2) is 24.5 Å². The minimum atomic E-state index is -1.14. The number of carbonyl (C=O) groups excluding carboxylic acids is 1. The van der Waals surface area contributed by atoms with Gasteiger partial charge in [0.2, 0.25) is 5.91 Å². The number of nitrogens with one attached hydrogen (secondary N) is 1. The molecule has 0 bridgehead atoms. The van der Waals surface area contributed by atoms with Crippen LogP contribution < -0.4 is 5.32 Å². The van der Waals surface area contributed by atoms with E-state index in [9.17, 15) is 9.59 Å². The Bertz CT molecular complexity index is 394. The highest BCUT2D eigenvalue weighted by atomic mass is 16.4. The lowest BCUT2D eigenvalue weighted by molar-refractivity contribution is -0.142. The second-order valence-electron chi connectivity index (χ2n) is 3.83. The van der Waals surface area contributed by atoms with Crippen LogP contribution in [-0.4, -0.2) is 39.7 Å². The third kappa shape index (κ3) is 4.92. The minimum absolute atomic E-state index is 0.00790. The predicted molar refractivity (Wildman–Crippen MR) is 63.8 cm³/mol. The number of aliphatic hydroxyl groups is 1. The van der Waals surface area contributed by atoms with Gasteiger partial charge >= 0.3 is 5.97 Å². The Morgan fingerprint density at radius 1 is 1.44 bits per heavy atom. The summed E-state index contributed by atoms with van der Waals surface area (Å²) in [4.78, 5) is 26.2. The fraction of sp³-hybridized carbons (Fsp3) is 0.417. The van der Waals surface area contributed by atoms with Gasteiger partial charge in [-0.1, -0.05) is 6.07 Å². The molecule has 6 nitrogen and oxygen atoms in total. The number of aromatic nitrogens is 1. The van der Waals surface area contributed by atoms with Gasteiger partial charge in [0.15, 0.2) is 0 Å². The van der Waals surface area contributed by atoms with Crippen molar-refractivity contribution in [3.8, 4) is 0 Å². The summed E-state index contributed by atoms with van der Waals surface area (Å²) in [7, 11) is 0. The van der Waals surface area contributed by atoms with Gasteiger partial charge in [-0.2, -0.15) is 0 Å². The van der Waals surface area contributed by atoms with Gasteiger partial charge in [-0.3, -0.25) is 9.78 Å². The van der Waals surface area contributed by atoms with E-state index in [4.69, 9.17) is 10.2 Å². The van der Waals surface area contributed by atoms with Crippen molar-refractivity contribution in [1.29, 1.82) is 0 Å². The number of aryl methyl sites for hydroxylation is 1. The first-order valence-corrected chi connectivity index (χ1v) is 5.65. The highest BCUT2D eigenvalue weighted by Crippen LogP contribution is 2.01. The van der Waals surface area contributed by atoms with Crippen LogP contribution in [0, 0.1) is 0 Å². The molecule has 0 saturated heterocycles. The number of carboxylic acids is 1. The first-order valence-electron chi connectivity index (χ1n) is 5.65. The number of aliphatic carboxylic acids is 1. The van der Waals surface area contributed by atoms with Gasteiger partial charge in [0.1, 0.15) is 6.04 Å². The van der Waals surface area contributed by atoms with Gasteiger partial charge in [-0.25, -0.2) is 4.79 Å². The molecule has 3 N–H and O–H groups in total. The van der Waals surface area contributed by atoms with Gasteiger partial charge in [0, 0.05) is 31.8 Å². The number of hydrogen-bond donors (Lipinski definition) is 3. The lowest BCUT2D eigenvalue weighted by Gasteiger charge is -2.12. The summed E-state index contributed by atoms with van der Waals surface area (Å²) < 4.78 is 0. The second-order valence-corrected chi connectivity index (χ2v) is 3.83. The number of aliphatic hydroxyl groups excluding tert-OH is 1. The number of nitrogens with zero attached hydrogens (tertiary/aromatic N) is 1. The molecule has 6 heteroatoms. The Hall–Kier alpha value is -1.95. The SMILES string of the molecule is O=C(CCc1cccnc1)N[C@H](CCO)C(=O)O. The molecule has 1 heterocycles. The van der Waals surface area contributed by atoms with E-state index in [0.717, 1.165) is 5.56 Å². The Labute approximate surface area is 105 Å². The zero-order valence-electron chi connectivity index (χ0n) is 9.87. The highest BCUT2D eigenvalue weighted by Gasteiger charge is 2.18. The smallest absolute Gasteiger partial charge is 0.326 e. The third-order valence-electron chi connectivity index (χ3n) is 2.41. The van der Waals surface area contributed by atoms with Crippen molar-refractivity contribution in [1.82, 2.24) is 10.3 Å². The summed E-state index contributed by atoms with van der Waals surface area (Å²) >= 11 is 0. The first-order chi connectivity index (χ1) is 8.63. The van der Waals surface area contributed by atoms with Gasteiger partial charge in [-0.15, -0.1) is 0 Å².